The van der Waals surface area contributed by atoms with Crippen LogP contribution >= 0.6 is 0 Å². The van der Waals surface area contributed by atoms with Gasteiger partial charge in [0, 0.05) is 17.5 Å². The summed E-state index contributed by atoms with van der Waals surface area (Å²) in [5, 5.41) is 3.34. The molecule has 7 heteroatoms. The molecule has 0 unspecified atom stereocenters. The summed E-state index contributed by atoms with van der Waals surface area (Å²) >= 11 is 0. The number of carbonyl (C=O) groups is 1. The largest absolute Gasteiger partial charge is 0.497 e. The number of aryl methyl sites for hydroxylation is 1. The summed E-state index contributed by atoms with van der Waals surface area (Å²) in [6.45, 7) is 1.84. The molecule has 2 aliphatic carbocycles. The fraction of sp³-hybridized carbons (Fsp3) is 0.542. The quantitative estimate of drug-likeness (QED) is 0.732. The van der Waals surface area contributed by atoms with E-state index in [1.54, 1.807) is 14.2 Å². The maximum Gasteiger partial charge on any atom is 0.319 e. The van der Waals surface area contributed by atoms with Crippen LogP contribution < -0.4 is 19.5 Å². The Morgan fingerprint density at radius 2 is 1.71 bits per heavy atom. The number of hydrogen-bond acceptors (Lipinski definition) is 6. The SMILES string of the molecule is COc1ccc([C@H]2[C@@H]3CCCC[C@@H]3[C@@H]2NC(=O)Cc2c(C)nc(OC)nc2OC)cc1. The number of ether oxygens (including phenoxy) is 3. The zero-order valence-electron chi connectivity index (χ0n) is 18.7. The van der Waals surface area contributed by atoms with Gasteiger partial charge in [0.25, 0.3) is 0 Å². The number of fused-ring (bicyclic) bond motifs is 1. The number of nitrogens with zero attached hydrogens (tertiary/aromatic N) is 2. The first-order valence-corrected chi connectivity index (χ1v) is 10.9. The van der Waals surface area contributed by atoms with Crippen molar-refractivity contribution in [2.75, 3.05) is 21.3 Å². The monoisotopic (exact) mass is 425 g/mol. The first kappa shape index (κ1) is 21.4. The second kappa shape index (κ2) is 9.12. The van der Waals surface area contributed by atoms with Crippen molar-refractivity contribution in [2.24, 2.45) is 11.8 Å². The van der Waals surface area contributed by atoms with E-state index in [9.17, 15) is 4.79 Å². The summed E-state index contributed by atoms with van der Waals surface area (Å²) < 4.78 is 15.8. The first-order valence-electron chi connectivity index (χ1n) is 10.9. The molecular formula is C24H31N3O4. The Balaban J connectivity index is 1.52. The van der Waals surface area contributed by atoms with Gasteiger partial charge in [0.15, 0.2) is 0 Å². The Morgan fingerprint density at radius 1 is 1.00 bits per heavy atom. The van der Waals surface area contributed by atoms with Gasteiger partial charge in [-0.05, 0) is 49.3 Å². The summed E-state index contributed by atoms with van der Waals surface area (Å²) in [5.41, 5.74) is 2.66. The molecule has 4 atom stereocenters. The van der Waals surface area contributed by atoms with Gasteiger partial charge in [0.05, 0.1) is 33.4 Å². The molecule has 1 aromatic carbocycles. The van der Waals surface area contributed by atoms with Gasteiger partial charge >= 0.3 is 6.01 Å². The Hall–Kier alpha value is -2.83. The third-order valence-electron chi connectivity index (χ3n) is 6.88. The molecule has 1 amide bonds. The Kier molecular flexibility index (Phi) is 6.30. The van der Waals surface area contributed by atoms with E-state index >= 15 is 0 Å². The maximum absolute atomic E-state index is 13.1. The van der Waals surface area contributed by atoms with Gasteiger partial charge in [-0.15, -0.1) is 0 Å². The zero-order chi connectivity index (χ0) is 22.0. The van der Waals surface area contributed by atoms with Crippen LogP contribution in [0.15, 0.2) is 24.3 Å². The number of methoxy groups -OCH3 is 3. The number of benzene rings is 1. The average molecular weight is 426 g/mol. The predicted molar refractivity (Wildman–Crippen MR) is 117 cm³/mol. The van der Waals surface area contributed by atoms with E-state index in [2.05, 4.69) is 27.4 Å². The van der Waals surface area contributed by atoms with Crippen LogP contribution in [0.4, 0.5) is 0 Å². The molecule has 2 fully saturated rings. The van der Waals surface area contributed by atoms with Crippen molar-refractivity contribution < 1.29 is 19.0 Å². The fourth-order valence-electron chi connectivity index (χ4n) is 5.35. The molecule has 31 heavy (non-hydrogen) atoms. The highest BCUT2D eigenvalue weighted by molar-refractivity contribution is 5.80. The molecule has 1 heterocycles. The lowest BCUT2D eigenvalue weighted by Gasteiger charge is -2.55. The minimum Gasteiger partial charge on any atom is -0.497 e. The molecule has 4 rings (SSSR count). The first-order chi connectivity index (χ1) is 15.0. The molecule has 1 aromatic heterocycles. The van der Waals surface area contributed by atoms with E-state index in [1.165, 1.54) is 38.4 Å². The third-order valence-corrected chi connectivity index (χ3v) is 6.88. The lowest BCUT2D eigenvalue weighted by atomic mass is 9.53. The average Bonchev–Trinajstić information content (AvgIpc) is 2.79. The van der Waals surface area contributed by atoms with Gasteiger partial charge in [0.2, 0.25) is 11.8 Å². The minimum absolute atomic E-state index is 0.0253. The molecule has 2 saturated carbocycles. The second-order valence-electron chi connectivity index (χ2n) is 8.46. The molecule has 7 nitrogen and oxygen atoms in total. The van der Waals surface area contributed by atoms with E-state index in [0.717, 1.165) is 5.75 Å². The van der Waals surface area contributed by atoms with E-state index < -0.39 is 0 Å². The second-order valence-corrected chi connectivity index (χ2v) is 8.46. The highest BCUT2D eigenvalue weighted by atomic mass is 16.5. The zero-order valence-corrected chi connectivity index (χ0v) is 18.7. The molecular weight excluding hydrogens is 394 g/mol. The van der Waals surface area contributed by atoms with Crippen LogP contribution in [0, 0.1) is 18.8 Å². The maximum atomic E-state index is 13.1. The standard InChI is InChI=1S/C24H31N3O4/c1-14-19(23(30-3)27-24(25-14)31-4)13-20(28)26-22-18-8-6-5-7-17(18)21(22)15-9-11-16(29-2)12-10-15/h9-12,17-18,21-22H,5-8,13H2,1-4H3,(H,26,28)/t17-,18+,21+,22+/m1/s1. The summed E-state index contributed by atoms with van der Waals surface area (Å²) in [5.74, 6) is 2.73. The molecule has 2 aromatic rings. The number of carbonyl (C=O) groups excluding carboxylic acids is 1. The van der Waals surface area contributed by atoms with Crippen molar-refractivity contribution in [3.8, 4) is 17.6 Å². The summed E-state index contributed by atoms with van der Waals surface area (Å²) in [4.78, 5) is 21.6. The number of nitrogens with one attached hydrogen (secondary N) is 1. The van der Waals surface area contributed by atoms with E-state index in [0.29, 0.717) is 34.9 Å². The normalized spacial score (nSPS) is 24.5. The predicted octanol–water partition coefficient (Wildman–Crippen LogP) is 3.44. The summed E-state index contributed by atoms with van der Waals surface area (Å²) in [6, 6.07) is 8.68. The van der Waals surface area contributed by atoms with Gasteiger partial charge in [-0.2, -0.15) is 4.98 Å². The highest BCUT2D eigenvalue weighted by Gasteiger charge is 2.51. The van der Waals surface area contributed by atoms with Gasteiger partial charge in [0.1, 0.15) is 5.75 Å². The number of aromatic nitrogens is 2. The van der Waals surface area contributed by atoms with Crippen molar-refractivity contribution in [3.63, 3.8) is 0 Å². The van der Waals surface area contributed by atoms with Crippen molar-refractivity contribution in [3.05, 3.63) is 41.1 Å². The summed E-state index contributed by atoms with van der Waals surface area (Å²) in [6.07, 6.45) is 5.10. The van der Waals surface area contributed by atoms with Gasteiger partial charge < -0.3 is 19.5 Å². The number of hydrogen-bond donors (Lipinski definition) is 1. The van der Waals surface area contributed by atoms with E-state index in [4.69, 9.17) is 14.2 Å². The molecule has 0 spiro atoms. The van der Waals surface area contributed by atoms with E-state index in [1.807, 2.05) is 19.1 Å². The third kappa shape index (κ3) is 4.18. The van der Waals surface area contributed by atoms with Crippen LogP contribution in [-0.2, 0) is 11.2 Å². The summed E-state index contributed by atoms with van der Waals surface area (Å²) in [7, 11) is 4.73. The van der Waals surface area contributed by atoms with Gasteiger partial charge in [-0.25, -0.2) is 4.98 Å². The van der Waals surface area contributed by atoms with Crippen LogP contribution in [0.3, 0.4) is 0 Å². The van der Waals surface area contributed by atoms with E-state index in [-0.39, 0.29) is 24.4 Å². The van der Waals surface area contributed by atoms with Crippen molar-refractivity contribution in [2.45, 2.75) is 51.0 Å². The molecule has 166 valence electrons. The lowest BCUT2D eigenvalue weighted by Crippen LogP contribution is -2.59. The molecule has 0 aliphatic heterocycles. The van der Waals surface area contributed by atoms with Crippen LogP contribution in [0.2, 0.25) is 0 Å². The van der Waals surface area contributed by atoms with Crippen molar-refractivity contribution >= 4 is 5.91 Å². The van der Waals surface area contributed by atoms with Gasteiger partial charge in [-0.1, -0.05) is 25.0 Å². The molecule has 0 bridgehead atoms. The minimum atomic E-state index is -0.0253. The number of amides is 1. The van der Waals surface area contributed by atoms with Crippen molar-refractivity contribution in [1.82, 2.24) is 15.3 Å². The van der Waals surface area contributed by atoms with Crippen molar-refractivity contribution in [1.29, 1.82) is 0 Å². The van der Waals surface area contributed by atoms with Crippen LogP contribution in [0.5, 0.6) is 17.6 Å². The molecule has 0 radical (unpaired) electrons. The number of rotatable bonds is 7. The highest BCUT2D eigenvalue weighted by Crippen LogP contribution is 2.54. The smallest absolute Gasteiger partial charge is 0.319 e. The Morgan fingerprint density at radius 3 is 2.35 bits per heavy atom. The Bertz CT molecular complexity index is 931. The van der Waals surface area contributed by atoms with Crippen LogP contribution in [0.25, 0.3) is 0 Å². The van der Waals surface area contributed by atoms with Crippen LogP contribution in [-0.4, -0.2) is 43.2 Å². The lowest BCUT2D eigenvalue weighted by molar-refractivity contribution is -0.124. The van der Waals surface area contributed by atoms with Crippen LogP contribution in [0.1, 0.15) is 48.4 Å². The molecule has 1 N–H and O–H groups in total. The Labute approximate surface area is 183 Å². The fourth-order valence-corrected chi connectivity index (χ4v) is 5.35. The van der Waals surface area contributed by atoms with Gasteiger partial charge in [-0.3, -0.25) is 4.79 Å². The molecule has 2 aliphatic rings. The topological polar surface area (TPSA) is 82.6 Å². The molecule has 0 saturated heterocycles.